The number of hydrogen-bond acceptors (Lipinski definition) is 3. The van der Waals surface area contributed by atoms with E-state index < -0.39 is 5.60 Å². The largest absolute Gasteiger partial charge is 0.449 e. The fourth-order valence-corrected chi connectivity index (χ4v) is 4.83. The molecule has 0 saturated carbocycles. The third-order valence-corrected chi connectivity index (χ3v) is 5.79. The highest BCUT2D eigenvalue weighted by atomic mass is 16.6. The second-order valence-corrected chi connectivity index (χ2v) is 7.09. The first-order valence-electron chi connectivity index (χ1n) is 8.76. The molecule has 1 aromatic rings. The molecule has 3 aliphatic heterocycles. The van der Waals surface area contributed by atoms with Crippen LogP contribution in [0, 0.1) is 11.8 Å². The molecule has 4 aliphatic rings. The van der Waals surface area contributed by atoms with E-state index in [4.69, 9.17) is 4.74 Å². The maximum absolute atomic E-state index is 12.1. The first-order valence-corrected chi connectivity index (χ1v) is 8.76. The van der Waals surface area contributed by atoms with Crippen LogP contribution in [-0.4, -0.2) is 35.1 Å². The van der Waals surface area contributed by atoms with Gasteiger partial charge in [-0.05, 0) is 31.5 Å². The summed E-state index contributed by atoms with van der Waals surface area (Å²) in [5.74, 6) is 6.36. The summed E-state index contributed by atoms with van der Waals surface area (Å²) < 4.78 is 5.91. The number of carbonyl (C=O) groups is 1. The SMILES string of the molecule is O=C1C=C2C(C#Cc3ccccc3)=CC3CC2(O1)C1CCCCN31. The van der Waals surface area contributed by atoms with Gasteiger partial charge in [0, 0.05) is 35.2 Å². The summed E-state index contributed by atoms with van der Waals surface area (Å²) in [5, 5.41) is 0. The highest BCUT2D eigenvalue weighted by Crippen LogP contribution is 2.53. The Labute approximate surface area is 142 Å². The van der Waals surface area contributed by atoms with Gasteiger partial charge in [0.25, 0.3) is 0 Å². The van der Waals surface area contributed by atoms with Crippen molar-refractivity contribution in [2.75, 3.05) is 6.54 Å². The lowest BCUT2D eigenvalue weighted by atomic mass is 9.77. The Balaban J connectivity index is 1.58. The molecule has 3 heteroatoms. The summed E-state index contributed by atoms with van der Waals surface area (Å²) >= 11 is 0. The molecular formula is C21H19NO2. The summed E-state index contributed by atoms with van der Waals surface area (Å²) in [7, 11) is 0. The van der Waals surface area contributed by atoms with Crippen molar-refractivity contribution >= 4 is 5.97 Å². The molecule has 2 saturated heterocycles. The van der Waals surface area contributed by atoms with Crippen LogP contribution < -0.4 is 0 Å². The van der Waals surface area contributed by atoms with E-state index in [1.54, 1.807) is 6.08 Å². The van der Waals surface area contributed by atoms with Crippen molar-refractivity contribution in [1.82, 2.24) is 4.90 Å². The maximum Gasteiger partial charge on any atom is 0.332 e. The van der Waals surface area contributed by atoms with Crippen LogP contribution in [0.25, 0.3) is 0 Å². The van der Waals surface area contributed by atoms with Gasteiger partial charge in [-0.25, -0.2) is 4.79 Å². The molecule has 0 radical (unpaired) electrons. The fourth-order valence-electron chi connectivity index (χ4n) is 4.83. The molecule has 0 aromatic heterocycles. The summed E-state index contributed by atoms with van der Waals surface area (Å²) in [6.45, 7) is 1.10. The van der Waals surface area contributed by atoms with Crippen LogP contribution in [0.15, 0.2) is 53.6 Å². The van der Waals surface area contributed by atoms with Gasteiger partial charge in [0.1, 0.15) is 0 Å². The van der Waals surface area contributed by atoms with Crippen LogP contribution >= 0.6 is 0 Å². The highest BCUT2D eigenvalue weighted by molar-refractivity contribution is 5.90. The standard InChI is InChI=1S/C21H19NO2/c23-20-13-18-16(10-9-15-6-2-1-3-7-15)12-17-14-21(18,24-20)19-8-4-5-11-22(17)19/h1-3,6-7,12-13,17,19H,4-5,8,11,14H2. The van der Waals surface area contributed by atoms with E-state index in [9.17, 15) is 4.79 Å². The maximum atomic E-state index is 12.1. The molecule has 2 bridgehead atoms. The van der Waals surface area contributed by atoms with E-state index in [0.717, 1.165) is 36.1 Å². The number of esters is 1. The minimum Gasteiger partial charge on any atom is -0.449 e. The lowest BCUT2D eigenvalue weighted by Crippen LogP contribution is -2.48. The minimum atomic E-state index is -0.447. The van der Waals surface area contributed by atoms with Crippen molar-refractivity contribution in [3.8, 4) is 11.8 Å². The molecule has 120 valence electrons. The fraction of sp³-hybridized carbons (Fsp3) is 0.381. The van der Waals surface area contributed by atoms with Crippen molar-refractivity contribution in [2.24, 2.45) is 0 Å². The van der Waals surface area contributed by atoms with Gasteiger partial charge < -0.3 is 4.74 Å². The van der Waals surface area contributed by atoms with Crippen LogP contribution in [0.2, 0.25) is 0 Å². The Kier molecular flexibility index (Phi) is 2.98. The summed E-state index contributed by atoms with van der Waals surface area (Å²) in [5.41, 5.74) is 2.54. The predicted molar refractivity (Wildman–Crippen MR) is 91.1 cm³/mol. The van der Waals surface area contributed by atoms with Crippen LogP contribution in [0.1, 0.15) is 31.2 Å². The van der Waals surface area contributed by atoms with E-state index in [1.165, 1.54) is 12.8 Å². The van der Waals surface area contributed by atoms with Crippen LogP contribution in [0.5, 0.6) is 0 Å². The predicted octanol–water partition coefficient (Wildman–Crippen LogP) is 2.83. The van der Waals surface area contributed by atoms with Gasteiger partial charge in [-0.2, -0.15) is 0 Å². The normalized spacial score (nSPS) is 33.6. The Bertz CT molecular complexity index is 826. The third-order valence-electron chi connectivity index (χ3n) is 5.79. The van der Waals surface area contributed by atoms with Gasteiger partial charge in [0.2, 0.25) is 0 Å². The molecule has 1 spiro atoms. The second kappa shape index (κ2) is 5.09. The van der Waals surface area contributed by atoms with Crippen molar-refractivity contribution in [1.29, 1.82) is 0 Å². The lowest BCUT2D eigenvalue weighted by molar-refractivity contribution is -0.148. The molecule has 3 heterocycles. The van der Waals surface area contributed by atoms with Crippen molar-refractivity contribution in [3.63, 3.8) is 0 Å². The van der Waals surface area contributed by atoms with Gasteiger partial charge in [-0.15, -0.1) is 0 Å². The zero-order chi connectivity index (χ0) is 16.1. The number of nitrogens with zero attached hydrogens (tertiary/aromatic N) is 1. The topological polar surface area (TPSA) is 29.5 Å². The first kappa shape index (κ1) is 14.1. The molecular weight excluding hydrogens is 298 g/mol. The molecule has 3 nitrogen and oxygen atoms in total. The zero-order valence-electron chi connectivity index (χ0n) is 13.5. The molecule has 0 amide bonds. The Hall–Kier alpha value is -2.31. The Morgan fingerprint density at radius 3 is 2.92 bits per heavy atom. The summed E-state index contributed by atoms with van der Waals surface area (Å²) in [6, 6.07) is 10.7. The van der Waals surface area contributed by atoms with Crippen LogP contribution in [0.3, 0.4) is 0 Å². The number of ether oxygens (including phenoxy) is 1. The van der Waals surface area contributed by atoms with Gasteiger partial charge in [-0.3, -0.25) is 4.90 Å². The number of hydrogen-bond donors (Lipinski definition) is 0. The van der Waals surface area contributed by atoms with Gasteiger partial charge in [0.15, 0.2) is 5.60 Å². The molecule has 0 N–H and O–H groups in total. The van der Waals surface area contributed by atoms with Crippen molar-refractivity contribution in [2.45, 2.75) is 43.4 Å². The number of piperidine rings is 1. The number of benzene rings is 1. The van der Waals surface area contributed by atoms with Crippen LogP contribution in [0.4, 0.5) is 0 Å². The molecule has 3 unspecified atom stereocenters. The summed E-state index contributed by atoms with van der Waals surface area (Å²) in [4.78, 5) is 14.6. The van der Waals surface area contributed by atoms with Gasteiger partial charge in [-0.1, -0.05) is 42.5 Å². The molecule has 24 heavy (non-hydrogen) atoms. The van der Waals surface area contributed by atoms with E-state index in [0.29, 0.717) is 12.1 Å². The molecule has 2 fully saturated rings. The Morgan fingerprint density at radius 1 is 1.17 bits per heavy atom. The summed E-state index contributed by atoms with van der Waals surface area (Å²) in [6.07, 6.45) is 8.38. The minimum absolute atomic E-state index is 0.203. The number of rotatable bonds is 0. The highest BCUT2D eigenvalue weighted by Gasteiger charge is 2.61. The van der Waals surface area contributed by atoms with Gasteiger partial charge in [0.05, 0.1) is 6.04 Å². The number of carbonyl (C=O) groups excluding carboxylic acids is 1. The van der Waals surface area contributed by atoms with E-state index in [1.807, 2.05) is 30.3 Å². The van der Waals surface area contributed by atoms with E-state index in [-0.39, 0.29) is 5.97 Å². The quantitative estimate of drug-likeness (QED) is 0.544. The third kappa shape index (κ3) is 1.93. The second-order valence-electron chi connectivity index (χ2n) is 7.09. The van der Waals surface area contributed by atoms with E-state index >= 15 is 0 Å². The van der Waals surface area contributed by atoms with Crippen LogP contribution in [-0.2, 0) is 9.53 Å². The zero-order valence-corrected chi connectivity index (χ0v) is 13.5. The number of fused-ring (bicyclic) bond motifs is 3. The average molecular weight is 317 g/mol. The molecule has 1 aliphatic carbocycles. The molecule has 5 rings (SSSR count). The Morgan fingerprint density at radius 2 is 2.04 bits per heavy atom. The monoisotopic (exact) mass is 317 g/mol. The van der Waals surface area contributed by atoms with Crippen molar-refractivity contribution < 1.29 is 9.53 Å². The lowest BCUT2D eigenvalue weighted by Gasteiger charge is -2.38. The molecule has 1 aromatic carbocycles. The van der Waals surface area contributed by atoms with E-state index in [2.05, 4.69) is 22.8 Å². The van der Waals surface area contributed by atoms with Gasteiger partial charge >= 0.3 is 5.97 Å². The molecule has 3 atom stereocenters. The first-order chi connectivity index (χ1) is 11.8. The van der Waals surface area contributed by atoms with Crippen molar-refractivity contribution in [3.05, 3.63) is 59.2 Å². The average Bonchev–Trinajstić information content (AvgIpc) is 3.09. The smallest absolute Gasteiger partial charge is 0.332 e.